The van der Waals surface area contributed by atoms with Crippen molar-refractivity contribution in [1.29, 1.82) is 0 Å². The van der Waals surface area contributed by atoms with Gasteiger partial charge < -0.3 is 0 Å². The number of aromatic amines is 1. The first-order valence-corrected chi connectivity index (χ1v) is 8.29. The summed E-state index contributed by atoms with van der Waals surface area (Å²) in [6, 6.07) is 8.51. The number of carbonyl (C=O) groups excluding carboxylic acids is 2. The highest BCUT2D eigenvalue weighted by Crippen LogP contribution is 2.26. The van der Waals surface area contributed by atoms with Crippen LogP contribution in [0.25, 0.3) is 0 Å². The number of aromatic nitrogens is 4. The number of rotatable bonds is 5. The van der Waals surface area contributed by atoms with Crippen molar-refractivity contribution in [3.63, 3.8) is 0 Å². The molecule has 0 radical (unpaired) electrons. The lowest BCUT2D eigenvalue weighted by Crippen LogP contribution is -2.16. The van der Waals surface area contributed by atoms with Crippen molar-refractivity contribution in [3.8, 4) is 0 Å². The maximum atomic E-state index is 12.4. The molecule has 140 valence electrons. The summed E-state index contributed by atoms with van der Waals surface area (Å²) >= 11 is 1.12. The second-order valence-electron chi connectivity index (χ2n) is 5.19. The summed E-state index contributed by atoms with van der Waals surface area (Å²) in [6.45, 7) is 0. The topological polar surface area (TPSA) is 113 Å². The average Bonchev–Trinajstić information content (AvgIpc) is 3.25. The third-order valence-electron chi connectivity index (χ3n) is 3.16. The number of carbonyl (C=O) groups is 2. The molecule has 2 amide bonds. The number of alkyl halides is 3. The molecule has 12 heteroatoms. The molecule has 0 unspecified atom stereocenters. The molecule has 2 aromatic heterocycles. The molecule has 0 aliphatic heterocycles. The van der Waals surface area contributed by atoms with Crippen molar-refractivity contribution in [2.24, 2.45) is 0 Å². The lowest BCUT2D eigenvalue weighted by Gasteiger charge is -2.01. The molecule has 0 atom stereocenters. The van der Waals surface area contributed by atoms with E-state index in [0.29, 0.717) is 16.4 Å². The fraction of sp³-hybridized carbons (Fsp3) is 0.133. The van der Waals surface area contributed by atoms with Crippen LogP contribution in [0.15, 0.2) is 35.7 Å². The molecule has 0 saturated heterocycles. The molecule has 27 heavy (non-hydrogen) atoms. The molecule has 0 aliphatic carbocycles. The fourth-order valence-electron chi connectivity index (χ4n) is 1.98. The summed E-state index contributed by atoms with van der Waals surface area (Å²) in [5.41, 5.74) is 0.796. The normalized spacial score (nSPS) is 11.2. The lowest BCUT2D eigenvalue weighted by atomic mass is 10.2. The zero-order chi connectivity index (χ0) is 19.4. The van der Waals surface area contributed by atoms with Crippen LogP contribution in [0.1, 0.15) is 21.9 Å². The molecule has 0 bridgehead atoms. The summed E-state index contributed by atoms with van der Waals surface area (Å²) < 4.78 is 37.3. The molecule has 0 spiro atoms. The molecule has 3 rings (SSSR count). The largest absolute Gasteiger partial charge is 0.451 e. The third kappa shape index (κ3) is 4.88. The number of nitrogens with one attached hydrogen (secondary N) is 3. The Morgan fingerprint density at radius 1 is 1.11 bits per heavy atom. The molecule has 3 aromatic rings. The van der Waals surface area contributed by atoms with Crippen molar-refractivity contribution >= 4 is 34.2 Å². The highest BCUT2D eigenvalue weighted by atomic mass is 32.1. The Hall–Kier alpha value is -3.28. The molecule has 1 aromatic carbocycles. The van der Waals surface area contributed by atoms with Crippen molar-refractivity contribution in [2.75, 3.05) is 10.6 Å². The first-order valence-electron chi connectivity index (χ1n) is 7.41. The second kappa shape index (κ2) is 7.53. The molecule has 0 aliphatic rings. The van der Waals surface area contributed by atoms with Crippen LogP contribution in [0, 0.1) is 0 Å². The molecule has 3 N–H and O–H groups in total. The standard InChI is InChI=1S/C15H11F3N6O2S/c16-15(17,18)12-22-13(24-23-12)20-10(25)6-9-7-27-14(19-9)21-11(26)8-4-2-1-3-5-8/h1-5,7H,6H2,(H,19,21,26)(H2,20,22,23,24,25). The van der Waals surface area contributed by atoms with E-state index in [1.807, 2.05) is 0 Å². The van der Waals surface area contributed by atoms with E-state index in [-0.39, 0.29) is 12.3 Å². The number of benzene rings is 1. The van der Waals surface area contributed by atoms with Crippen LogP contribution in [0.2, 0.25) is 0 Å². The van der Waals surface area contributed by atoms with E-state index in [9.17, 15) is 22.8 Å². The van der Waals surface area contributed by atoms with Crippen LogP contribution in [0.3, 0.4) is 0 Å². The number of hydrogen-bond acceptors (Lipinski definition) is 6. The predicted octanol–water partition coefficient (Wildman–Crippen LogP) is 2.71. The maximum Gasteiger partial charge on any atom is 0.451 e. The molecule has 0 saturated carbocycles. The van der Waals surface area contributed by atoms with E-state index in [1.165, 1.54) is 0 Å². The minimum absolute atomic E-state index is 0.215. The number of amides is 2. The predicted molar refractivity (Wildman–Crippen MR) is 90.2 cm³/mol. The van der Waals surface area contributed by atoms with Gasteiger partial charge in [0.2, 0.25) is 17.7 Å². The summed E-state index contributed by atoms with van der Waals surface area (Å²) in [6.07, 6.45) is -4.90. The number of hydrogen-bond donors (Lipinski definition) is 3. The Morgan fingerprint density at radius 3 is 2.52 bits per heavy atom. The number of anilines is 2. The Balaban J connectivity index is 1.56. The third-order valence-corrected chi connectivity index (χ3v) is 3.96. The van der Waals surface area contributed by atoms with Gasteiger partial charge in [0.1, 0.15) is 0 Å². The van der Waals surface area contributed by atoms with E-state index in [0.717, 1.165) is 11.3 Å². The Bertz CT molecular complexity index is 954. The molecule has 0 fully saturated rings. The van der Waals surface area contributed by atoms with Gasteiger partial charge in [-0.25, -0.2) is 4.98 Å². The first-order chi connectivity index (χ1) is 12.8. The number of thiazole rings is 1. The minimum atomic E-state index is -4.68. The van der Waals surface area contributed by atoms with E-state index < -0.39 is 23.9 Å². The Morgan fingerprint density at radius 2 is 1.85 bits per heavy atom. The van der Waals surface area contributed by atoms with E-state index in [4.69, 9.17) is 0 Å². The van der Waals surface area contributed by atoms with Gasteiger partial charge in [-0.15, -0.1) is 16.4 Å². The van der Waals surface area contributed by atoms with E-state index in [2.05, 4.69) is 25.7 Å². The second-order valence-corrected chi connectivity index (χ2v) is 6.05. The highest BCUT2D eigenvalue weighted by molar-refractivity contribution is 7.14. The zero-order valence-electron chi connectivity index (χ0n) is 13.4. The maximum absolute atomic E-state index is 12.4. The van der Waals surface area contributed by atoms with Crippen LogP contribution in [0.4, 0.5) is 24.3 Å². The summed E-state index contributed by atoms with van der Waals surface area (Å²) in [5, 5.41) is 11.6. The number of halogens is 3. The first kappa shape index (κ1) is 18.5. The van der Waals surface area contributed by atoms with Crippen LogP contribution in [0.5, 0.6) is 0 Å². The minimum Gasteiger partial charge on any atom is -0.298 e. The number of H-pyrrole nitrogens is 1. The summed E-state index contributed by atoms with van der Waals surface area (Å²) in [7, 11) is 0. The SMILES string of the molecule is O=C(Cc1csc(NC(=O)c2ccccc2)n1)Nc1n[nH]c(C(F)(F)F)n1. The Labute approximate surface area is 153 Å². The highest BCUT2D eigenvalue weighted by Gasteiger charge is 2.35. The molecular weight excluding hydrogens is 385 g/mol. The Kier molecular flexibility index (Phi) is 5.16. The molecule has 8 nitrogen and oxygen atoms in total. The van der Waals surface area contributed by atoms with Gasteiger partial charge in [0.25, 0.3) is 5.91 Å². The van der Waals surface area contributed by atoms with Gasteiger partial charge in [-0.05, 0) is 12.1 Å². The summed E-state index contributed by atoms with van der Waals surface area (Å²) in [5.74, 6) is -2.78. The van der Waals surface area contributed by atoms with Crippen molar-refractivity contribution < 1.29 is 22.8 Å². The van der Waals surface area contributed by atoms with Crippen molar-refractivity contribution in [3.05, 3.63) is 52.8 Å². The molecular formula is C15H11F3N6O2S. The lowest BCUT2D eigenvalue weighted by molar-refractivity contribution is -0.144. The number of nitrogens with zero attached hydrogens (tertiary/aromatic N) is 3. The van der Waals surface area contributed by atoms with E-state index in [1.54, 1.807) is 40.8 Å². The van der Waals surface area contributed by atoms with Gasteiger partial charge in [-0.3, -0.25) is 25.3 Å². The van der Waals surface area contributed by atoms with Crippen molar-refractivity contribution in [1.82, 2.24) is 20.2 Å². The smallest absolute Gasteiger partial charge is 0.298 e. The van der Waals surface area contributed by atoms with Crippen molar-refractivity contribution in [2.45, 2.75) is 12.6 Å². The van der Waals surface area contributed by atoms with Crippen LogP contribution >= 0.6 is 11.3 Å². The fourth-order valence-corrected chi connectivity index (χ4v) is 2.69. The van der Waals surface area contributed by atoms with Crippen LogP contribution < -0.4 is 10.6 Å². The van der Waals surface area contributed by atoms with Gasteiger partial charge in [-0.1, -0.05) is 18.2 Å². The van der Waals surface area contributed by atoms with Gasteiger partial charge >= 0.3 is 6.18 Å². The van der Waals surface area contributed by atoms with E-state index >= 15 is 0 Å². The monoisotopic (exact) mass is 396 g/mol. The average molecular weight is 396 g/mol. The zero-order valence-corrected chi connectivity index (χ0v) is 14.2. The van der Waals surface area contributed by atoms with Gasteiger partial charge in [0.15, 0.2) is 5.13 Å². The van der Waals surface area contributed by atoms with Gasteiger partial charge in [-0.2, -0.15) is 18.2 Å². The van der Waals surface area contributed by atoms with Gasteiger partial charge in [0.05, 0.1) is 12.1 Å². The molecule has 2 heterocycles. The van der Waals surface area contributed by atoms with Gasteiger partial charge in [0, 0.05) is 10.9 Å². The van der Waals surface area contributed by atoms with Crippen LogP contribution in [-0.2, 0) is 17.4 Å². The quantitative estimate of drug-likeness (QED) is 0.614. The van der Waals surface area contributed by atoms with Crippen LogP contribution in [-0.4, -0.2) is 32.0 Å². The summed E-state index contributed by atoms with van der Waals surface area (Å²) in [4.78, 5) is 31.2.